The third-order valence-electron chi connectivity index (χ3n) is 6.58. The number of ether oxygens (including phenoxy) is 1. The number of rotatable bonds is 8. The van der Waals surface area contributed by atoms with Gasteiger partial charge in [0, 0.05) is 0 Å². The van der Waals surface area contributed by atoms with Crippen LogP contribution in [0.4, 0.5) is 0 Å². The largest absolute Gasteiger partial charge is 0.493 e. The molecule has 1 aromatic carbocycles. The van der Waals surface area contributed by atoms with Crippen LogP contribution in [0.1, 0.15) is 88.3 Å². The highest BCUT2D eigenvalue weighted by Gasteiger charge is 2.27. The van der Waals surface area contributed by atoms with Crippen LogP contribution in [0.2, 0.25) is 0 Å². The monoisotopic (exact) mass is 390 g/mol. The molecular formula is C28H38O. The Kier molecular flexibility index (Phi) is 7.58. The van der Waals surface area contributed by atoms with Crippen LogP contribution in [-0.4, -0.2) is 6.61 Å². The predicted octanol–water partition coefficient (Wildman–Crippen LogP) is 8.07. The Bertz CT molecular complexity index is 736. The average molecular weight is 391 g/mol. The van der Waals surface area contributed by atoms with Gasteiger partial charge in [0.15, 0.2) is 0 Å². The molecule has 3 rings (SSSR count). The van der Waals surface area contributed by atoms with E-state index in [1.165, 1.54) is 16.7 Å². The Morgan fingerprint density at radius 2 is 1.34 bits per heavy atom. The summed E-state index contributed by atoms with van der Waals surface area (Å²) >= 11 is 0. The van der Waals surface area contributed by atoms with Crippen LogP contribution >= 0.6 is 0 Å². The van der Waals surface area contributed by atoms with Crippen molar-refractivity contribution in [3.05, 3.63) is 77.4 Å². The van der Waals surface area contributed by atoms with Crippen LogP contribution in [0.3, 0.4) is 0 Å². The van der Waals surface area contributed by atoms with E-state index < -0.39 is 0 Å². The van der Waals surface area contributed by atoms with Gasteiger partial charge in [-0.2, -0.15) is 0 Å². The molecule has 0 aromatic heterocycles. The van der Waals surface area contributed by atoms with Gasteiger partial charge in [-0.25, -0.2) is 0 Å². The smallest absolute Gasteiger partial charge is 0.126 e. The van der Waals surface area contributed by atoms with Crippen molar-refractivity contribution in [2.24, 2.45) is 11.8 Å². The molecule has 4 atom stereocenters. The van der Waals surface area contributed by atoms with Gasteiger partial charge < -0.3 is 4.74 Å². The van der Waals surface area contributed by atoms with Gasteiger partial charge in [0.05, 0.1) is 6.61 Å². The van der Waals surface area contributed by atoms with Gasteiger partial charge in [-0.05, 0) is 65.5 Å². The molecule has 0 heterocycles. The molecule has 0 N–H and O–H groups in total. The van der Waals surface area contributed by atoms with E-state index in [2.05, 4.69) is 95.4 Å². The summed E-state index contributed by atoms with van der Waals surface area (Å²) in [5.74, 6) is 3.61. The molecule has 2 aliphatic carbocycles. The minimum Gasteiger partial charge on any atom is -0.493 e. The van der Waals surface area contributed by atoms with Gasteiger partial charge in [0.25, 0.3) is 0 Å². The van der Waals surface area contributed by atoms with Crippen molar-refractivity contribution in [2.45, 2.75) is 71.6 Å². The average Bonchev–Trinajstić information content (AvgIpc) is 2.77. The summed E-state index contributed by atoms with van der Waals surface area (Å²) in [5.41, 5.74) is 4.22. The van der Waals surface area contributed by atoms with Gasteiger partial charge in [0.1, 0.15) is 5.75 Å². The molecule has 156 valence electrons. The van der Waals surface area contributed by atoms with E-state index in [4.69, 9.17) is 4.74 Å². The van der Waals surface area contributed by atoms with Gasteiger partial charge in [0.2, 0.25) is 0 Å². The summed E-state index contributed by atoms with van der Waals surface area (Å²) in [6.45, 7) is 12.3. The number of hydrogen-bond donors (Lipinski definition) is 0. The van der Waals surface area contributed by atoms with Crippen LogP contribution in [0, 0.1) is 11.8 Å². The Morgan fingerprint density at radius 3 is 1.72 bits per heavy atom. The molecule has 0 bridgehead atoms. The second-order valence-corrected chi connectivity index (χ2v) is 9.03. The Labute approximate surface area is 178 Å². The van der Waals surface area contributed by atoms with E-state index in [-0.39, 0.29) is 0 Å². The first-order chi connectivity index (χ1) is 14.0. The second-order valence-electron chi connectivity index (χ2n) is 9.03. The maximum absolute atomic E-state index is 6.49. The SMILES string of the molecule is CCCOc1c(C(C)C2C=CC=CC2)cc(C(C)C)cc1C(C)C1C=CC=CC1. The molecule has 0 saturated heterocycles. The number of benzene rings is 1. The van der Waals surface area contributed by atoms with Gasteiger partial charge in [-0.3, -0.25) is 0 Å². The maximum atomic E-state index is 6.49. The summed E-state index contributed by atoms with van der Waals surface area (Å²) in [7, 11) is 0. The summed E-state index contributed by atoms with van der Waals surface area (Å²) < 4.78 is 6.49. The second kappa shape index (κ2) is 10.1. The lowest BCUT2D eigenvalue weighted by molar-refractivity contribution is 0.303. The summed E-state index contributed by atoms with van der Waals surface area (Å²) in [4.78, 5) is 0. The molecule has 1 nitrogen and oxygen atoms in total. The normalized spacial score (nSPS) is 22.8. The highest BCUT2D eigenvalue weighted by atomic mass is 16.5. The fraction of sp³-hybridized carbons (Fsp3) is 0.500. The zero-order valence-electron chi connectivity index (χ0n) is 18.9. The molecule has 0 fully saturated rings. The fourth-order valence-corrected chi connectivity index (χ4v) is 4.48. The number of hydrogen-bond acceptors (Lipinski definition) is 1. The summed E-state index contributed by atoms with van der Waals surface area (Å²) in [5, 5.41) is 0. The third kappa shape index (κ3) is 5.13. The lowest BCUT2D eigenvalue weighted by Gasteiger charge is -2.30. The molecule has 0 spiro atoms. The molecule has 0 aliphatic heterocycles. The van der Waals surface area contributed by atoms with Crippen LogP contribution in [-0.2, 0) is 0 Å². The first-order valence-electron chi connectivity index (χ1n) is 11.5. The van der Waals surface area contributed by atoms with Crippen LogP contribution < -0.4 is 4.74 Å². The molecule has 0 amide bonds. The quantitative estimate of drug-likeness (QED) is 0.436. The van der Waals surface area contributed by atoms with Crippen molar-refractivity contribution in [3.63, 3.8) is 0 Å². The fourth-order valence-electron chi connectivity index (χ4n) is 4.48. The predicted molar refractivity (Wildman–Crippen MR) is 126 cm³/mol. The molecular weight excluding hydrogens is 352 g/mol. The van der Waals surface area contributed by atoms with E-state index in [0.29, 0.717) is 29.6 Å². The van der Waals surface area contributed by atoms with E-state index in [1.54, 1.807) is 0 Å². The first-order valence-corrected chi connectivity index (χ1v) is 11.5. The zero-order valence-corrected chi connectivity index (χ0v) is 18.9. The summed E-state index contributed by atoms with van der Waals surface area (Å²) in [6, 6.07) is 4.86. The zero-order chi connectivity index (χ0) is 20.8. The number of allylic oxidation sites excluding steroid dienone is 8. The molecule has 0 radical (unpaired) electrons. The third-order valence-corrected chi connectivity index (χ3v) is 6.58. The molecule has 1 heteroatoms. The molecule has 2 aliphatic rings. The van der Waals surface area contributed by atoms with Crippen LogP contribution in [0.15, 0.2) is 60.7 Å². The first kappa shape index (κ1) is 21.7. The molecule has 1 aromatic rings. The molecule has 29 heavy (non-hydrogen) atoms. The Hall–Kier alpha value is -2.02. The van der Waals surface area contributed by atoms with E-state index in [9.17, 15) is 0 Å². The van der Waals surface area contributed by atoms with Crippen LogP contribution in [0.25, 0.3) is 0 Å². The molecule has 0 saturated carbocycles. The van der Waals surface area contributed by atoms with Crippen molar-refractivity contribution in [3.8, 4) is 5.75 Å². The highest BCUT2D eigenvalue weighted by molar-refractivity contribution is 5.50. The maximum Gasteiger partial charge on any atom is 0.126 e. The van der Waals surface area contributed by atoms with Gasteiger partial charge >= 0.3 is 0 Å². The minimum absolute atomic E-state index is 0.439. The highest BCUT2D eigenvalue weighted by Crippen LogP contribution is 2.44. The van der Waals surface area contributed by atoms with Crippen LogP contribution in [0.5, 0.6) is 5.75 Å². The minimum atomic E-state index is 0.439. The topological polar surface area (TPSA) is 9.23 Å². The van der Waals surface area contributed by atoms with Gasteiger partial charge in [-0.1, -0.05) is 95.4 Å². The van der Waals surface area contributed by atoms with E-state index >= 15 is 0 Å². The lowest BCUT2D eigenvalue weighted by Crippen LogP contribution is -2.16. The Balaban J connectivity index is 2.07. The van der Waals surface area contributed by atoms with E-state index in [1.807, 2.05) is 0 Å². The van der Waals surface area contributed by atoms with Crippen molar-refractivity contribution in [1.29, 1.82) is 0 Å². The van der Waals surface area contributed by atoms with Gasteiger partial charge in [-0.15, -0.1) is 0 Å². The van der Waals surface area contributed by atoms with Crippen molar-refractivity contribution < 1.29 is 4.74 Å². The summed E-state index contributed by atoms with van der Waals surface area (Å²) in [6.07, 6.45) is 21.3. The lowest BCUT2D eigenvalue weighted by atomic mass is 9.77. The molecule has 4 unspecified atom stereocenters. The van der Waals surface area contributed by atoms with Crippen molar-refractivity contribution in [1.82, 2.24) is 0 Å². The Morgan fingerprint density at radius 1 is 0.828 bits per heavy atom. The van der Waals surface area contributed by atoms with Crippen molar-refractivity contribution >= 4 is 0 Å². The standard InChI is InChI=1S/C28H38O/c1-6-17-29-28-26(21(4)23-13-9-7-10-14-23)18-25(20(2)3)19-27(28)22(5)24-15-11-8-12-16-24/h7-13,15,18-24H,6,14,16-17H2,1-5H3. The van der Waals surface area contributed by atoms with Crippen molar-refractivity contribution in [2.75, 3.05) is 6.61 Å². The van der Waals surface area contributed by atoms with E-state index in [0.717, 1.165) is 31.6 Å².